The molecule has 2 N–H and O–H groups in total. The standard InChI is InChI=1S/C21H30N4O2/c1-22-21(23-14-17-11-12-18(26-4)13-20(17)27-5)24-15-19(25(2)3)16-9-7-6-8-10-16/h6-13,19H,14-15H2,1-5H3,(H2,22,23,24). The van der Waals surface area contributed by atoms with Gasteiger partial charge < -0.3 is 25.0 Å². The van der Waals surface area contributed by atoms with Gasteiger partial charge in [-0.1, -0.05) is 30.3 Å². The minimum absolute atomic E-state index is 0.250. The molecule has 0 aliphatic heterocycles. The molecule has 6 nitrogen and oxygen atoms in total. The van der Waals surface area contributed by atoms with Crippen LogP contribution in [-0.2, 0) is 6.54 Å². The molecular weight excluding hydrogens is 340 g/mol. The van der Waals surface area contributed by atoms with E-state index in [2.05, 4.69) is 58.9 Å². The van der Waals surface area contributed by atoms with Crippen molar-refractivity contribution in [1.82, 2.24) is 15.5 Å². The van der Waals surface area contributed by atoms with Crippen molar-refractivity contribution < 1.29 is 9.47 Å². The molecule has 0 aromatic heterocycles. The Kier molecular flexibility index (Phi) is 7.95. The van der Waals surface area contributed by atoms with Gasteiger partial charge in [-0.05, 0) is 31.8 Å². The molecule has 0 bridgehead atoms. The van der Waals surface area contributed by atoms with Crippen LogP contribution in [0, 0.1) is 0 Å². The van der Waals surface area contributed by atoms with Crippen molar-refractivity contribution in [2.24, 2.45) is 4.99 Å². The Balaban J connectivity index is 1.98. The predicted molar refractivity (Wildman–Crippen MR) is 111 cm³/mol. The summed E-state index contributed by atoms with van der Waals surface area (Å²) in [5, 5.41) is 6.75. The molecule has 0 radical (unpaired) electrons. The number of ether oxygens (including phenoxy) is 2. The van der Waals surface area contributed by atoms with Crippen molar-refractivity contribution in [1.29, 1.82) is 0 Å². The fraction of sp³-hybridized carbons (Fsp3) is 0.381. The first kappa shape index (κ1) is 20.6. The number of guanidine groups is 1. The van der Waals surface area contributed by atoms with Crippen molar-refractivity contribution in [3.8, 4) is 11.5 Å². The van der Waals surface area contributed by atoms with E-state index in [1.165, 1.54) is 5.56 Å². The fourth-order valence-electron chi connectivity index (χ4n) is 2.86. The number of hydrogen-bond acceptors (Lipinski definition) is 4. The summed E-state index contributed by atoms with van der Waals surface area (Å²) in [6, 6.07) is 16.5. The van der Waals surface area contributed by atoms with Gasteiger partial charge >= 0.3 is 0 Å². The summed E-state index contributed by atoms with van der Waals surface area (Å²) in [4.78, 5) is 6.52. The molecule has 6 heteroatoms. The van der Waals surface area contributed by atoms with Crippen molar-refractivity contribution in [2.75, 3.05) is 41.9 Å². The van der Waals surface area contributed by atoms with Crippen molar-refractivity contribution in [3.63, 3.8) is 0 Å². The number of likely N-dealkylation sites (N-methyl/N-ethyl adjacent to an activating group) is 1. The van der Waals surface area contributed by atoms with Crippen molar-refractivity contribution in [3.05, 3.63) is 59.7 Å². The molecule has 0 saturated heterocycles. The van der Waals surface area contributed by atoms with Gasteiger partial charge in [0, 0.05) is 31.8 Å². The number of nitrogens with zero attached hydrogens (tertiary/aromatic N) is 2. The quantitative estimate of drug-likeness (QED) is 0.553. The van der Waals surface area contributed by atoms with Crippen LogP contribution in [0.4, 0.5) is 0 Å². The summed E-state index contributed by atoms with van der Waals surface area (Å²) in [5.74, 6) is 2.30. The molecule has 1 unspecified atom stereocenters. The third-order valence-electron chi connectivity index (χ3n) is 4.43. The first-order valence-corrected chi connectivity index (χ1v) is 8.95. The molecule has 2 aromatic rings. The minimum Gasteiger partial charge on any atom is -0.497 e. The lowest BCUT2D eigenvalue weighted by molar-refractivity contribution is 0.298. The van der Waals surface area contributed by atoms with Gasteiger partial charge in [-0.15, -0.1) is 0 Å². The molecule has 0 saturated carbocycles. The molecule has 27 heavy (non-hydrogen) atoms. The average Bonchev–Trinajstić information content (AvgIpc) is 2.70. The maximum Gasteiger partial charge on any atom is 0.191 e. The minimum atomic E-state index is 0.250. The summed E-state index contributed by atoms with van der Waals surface area (Å²) < 4.78 is 10.7. The first-order chi connectivity index (χ1) is 13.1. The van der Waals surface area contributed by atoms with Gasteiger partial charge in [0.25, 0.3) is 0 Å². The highest BCUT2D eigenvalue weighted by molar-refractivity contribution is 5.79. The SMILES string of the molecule is CN=C(NCc1ccc(OC)cc1OC)NCC(c1ccccc1)N(C)C. The Morgan fingerprint density at radius 1 is 1.04 bits per heavy atom. The Morgan fingerprint density at radius 3 is 2.37 bits per heavy atom. The van der Waals surface area contributed by atoms with Gasteiger partial charge in [0.05, 0.1) is 20.3 Å². The lowest BCUT2D eigenvalue weighted by Crippen LogP contribution is -2.41. The Hall–Kier alpha value is -2.73. The largest absolute Gasteiger partial charge is 0.497 e. The van der Waals surface area contributed by atoms with Crippen LogP contribution in [0.25, 0.3) is 0 Å². The van der Waals surface area contributed by atoms with E-state index < -0.39 is 0 Å². The van der Waals surface area contributed by atoms with Crippen LogP contribution < -0.4 is 20.1 Å². The summed E-state index contributed by atoms with van der Waals surface area (Å²) in [6.45, 7) is 1.35. The molecule has 0 aliphatic carbocycles. The van der Waals surface area contributed by atoms with E-state index in [1.54, 1.807) is 21.3 Å². The second-order valence-electron chi connectivity index (χ2n) is 6.37. The second-order valence-corrected chi connectivity index (χ2v) is 6.37. The van der Waals surface area contributed by atoms with E-state index in [-0.39, 0.29) is 6.04 Å². The Labute approximate surface area is 162 Å². The molecule has 2 aromatic carbocycles. The summed E-state index contributed by atoms with van der Waals surface area (Å²) in [7, 11) is 9.24. The van der Waals surface area contributed by atoms with Crippen LogP contribution in [0.1, 0.15) is 17.2 Å². The van der Waals surface area contributed by atoms with Crippen molar-refractivity contribution >= 4 is 5.96 Å². The highest BCUT2D eigenvalue weighted by Gasteiger charge is 2.14. The first-order valence-electron chi connectivity index (χ1n) is 8.95. The van der Waals surface area contributed by atoms with Crippen LogP contribution in [-0.4, -0.2) is 52.8 Å². The Morgan fingerprint density at radius 2 is 1.78 bits per heavy atom. The van der Waals surface area contributed by atoms with Gasteiger partial charge in [0.1, 0.15) is 11.5 Å². The summed E-state index contributed by atoms with van der Waals surface area (Å²) in [6.07, 6.45) is 0. The van der Waals surface area contributed by atoms with Crippen LogP contribution in [0.15, 0.2) is 53.5 Å². The molecule has 0 fully saturated rings. The maximum absolute atomic E-state index is 5.45. The van der Waals surface area contributed by atoms with Gasteiger partial charge in [-0.2, -0.15) is 0 Å². The molecule has 0 spiro atoms. The smallest absolute Gasteiger partial charge is 0.191 e. The number of rotatable bonds is 8. The molecule has 0 aliphatic rings. The zero-order valence-electron chi connectivity index (χ0n) is 16.8. The van der Waals surface area contributed by atoms with Crippen molar-refractivity contribution in [2.45, 2.75) is 12.6 Å². The second kappa shape index (κ2) is 10.4. The average molecular weight is 370 g/mol. The van der Waals surface area contributed by atoms with E-state index in [4.69, 9.17) is 9.47 Å². The maximum atomic E-state index is 5.45. The normalized spacial score (nSPS) is 12.6. The molecule has 2 rings (SSSR count). The molecule has 1 atom stereocenters. The zero-order chi connectivity index (χ0) is 19.6. The monoisotopic (exact) mass is 370 g/mol. The highest BCUT2D eigenvalue weighted by atomic mass is 16.5. The number of aliphatic imine (C=N–C) groups is 1. The number of nitrogens with one attached hydrogen (secondary N) is 2. The van der Waals surface area contributed by atoms with E-state index >= 15 is 0 Å². The summed E-state index contributed by atoms with van der Waals surface area (Å²) in [5.41, 5.74) is 2.30. The van der Waals surface area contributed by atoms with Crippen LogP contribution in [0.5, 0.6) is 11.5 Å². The van der Waals surface area contributed by atoms with E-state index in [0.29, 0.717) is 6.54 Å². The van der Waals surface area contributed by atoms with Gasteiger partial charge in [-0.3, -0.25) is 4.99 Å². The lowest BCUT2D eigenvalue weighted by atomic mass is 10.1. The lowest BCUT2D eigenvalue weighted by Gasteiger charge is -2.26. The van der Waals surface area contributed by atoms with E-state index in [0.717, 1.165) is 29.6 Å². The zero-order valence-corrected chi connectivity index (χ0v) is 16.8. The Bertz CT molecular complexity index is 732. The molecule has 0 heterocycles. The summed E-state index contributed by atoms with van der Waals surface area (Å²) >= 11 is 0. The topological polar surface area (TPSA) is 58.1 Å². The molecule has 146 valence electrons. The number of methoxy groups -OCH3 is 2. The predicted octanol–water partition coefficient (Wildman–Crippen LogP) is 2.67. The number of hydrogen-bond donors (Lipinski definition) is 2. The van der Waals surface area contributed by atoms with Gasteiger partial charge in [-0.25, -0.2) is 0 Å². The number of benzene rings is 2. The molecule has 0 amide bonds. The highest BCUT2D eigenvalue weighted by Crippen LogP contribution is 2.24. The van der Waals surface area contributed by atoms with Crippen LogP contribution in [0.3, 0.4) is 0 Å². The fourth-order valence-corrected chi connectivity index (χ4v) is 2.86. The van der Waals surface area contributed by atoms with Gasteiger partial charge in [0.15, 0.2) is 5.96 Å². The third kappa shape index (κ3) is 5.89. The van der Waals surface area contributed by atoms with E-state index in [9.17, 15) is 0 Å². The molecular formula is C21H30N4O2. The third-order valence-corrected chi connectivity index (χ3v) is 4.43. The van der Waals surface area contributed by atoms with Crippen LogP contribution >= 0.6 is 0 Å². The van der Waals surface area contributed by atoms with Gasteiger partial charge in [0.2, 0.25) is 0 Å². The van der Waals surface area contributed by atoms with Crippen LogP contribution in [0.2, 0.25) is 0 Å². The van der Waals surface area contributed by atoms with E-state index in [1.807, 2.05) is 24.3 Å².